The summed E-state index contributed by atoms with van der Waals surface area (Å²) in [5, 5.41) is 11.6. The number of carbonyl (C=O) groups is 2. The zero-order chi connectivity index (χ0) is 15.5. The lowest BCUT2D eigenvalue weighted by molar-refractivity contribution is -0.116. The molecule has 1 fully saturated rings. The number of nitrogens with zero attached hydrogens (tertiary/aromatic N) is 1. The molecule has 2 N–H and O–H groups in total. The largest absolute Gasteiger partial charge is 0.508 e. The molecule has 0 unspecified atom stereocenters. The van der Waals surface area contributed by atoms with Gasteiger partial charge in [0.2, 0.25) is 0 Å². The lowest BCUT2D eigenvalue weighted by Crippen LogP contribution is -2.27. The van der Waals surface area contributed by atoms with Crippen molar-refractivity contribution in [3.63, 3.8) is 0 Å². The molecule has 3 amide bonds. The van der Waals surface area contributed by atoms with Crippen LogP contribution in [-0.4, -0.2) is 21.9 Å². The maximum atomic E-state index is 12.0. The molecule has 22 heavy (non-hydrogen) atoms. The van der Waals surface area contributed by atoms with Crippen LogP contribution in [0.5, 0.6) is 5.75 Å². The fourth-order valence-electron chi connectivity index (χ4n) is 2.26. The van der Waals surface area contributed by atoms with Crippen LogP contribution in [-0.2, 0) is 11.3 Å². The van der Waals surface area contributed by atoms with Crippen molar-refractivity contribution in [1.82, 2.24) is 10.2 Å². The predicted octanol–water partition coefficient (Wildman–Crippen LogP) is 2.49. The third-order valence-corrected chi connectivity index (χ3v) is 3.37. The fourth-order valence-corrected chi connectivity index (χ4v) is 2.26. The van der Waals surface area contributed by atoms with E-state index >= 15 is 0 Å². The van der Waals surface area contributed by atoms with E-state index in [1.165, 1.54) is 17.0 Å². The molecule has 2 aromatic rings. The van der Waals surface area contributed by atoms with Crippen LogP contribution in [0.15, 0.2) is 60.3 Å². The van der Waals surface area contributed by atoms with Gasteiger partial charge in [0.05, 0.1) is 6.54 Å². The lowest BCUT2D eigenvalue weighted by Gasteiger charge is -2.15. The van der Waals surface area contributed by atoms with Crippen molar-refractivity contribution in [3.8, 4) is 5.75 Å². The number of hydrogen-bond donors (Lipinski definition) is 2. The first-order valence-electron chi connectivity index (χ1n) is 6.81. The highest BCUT2D eigenvalue weighted by molar-refractivity contribution is 6.13. The maximum absolute atomic E-state index is 12.0. The van der Waals surface area contributed by atoms with Crippen molar-refractivity contribution in [2.45, 2.75) is 6.54 Å². The molecule has 0 radical (unpaired) electrons. The van der Waals surface area contributed by atoms with Gasteiger partial charge in [-0.1, -0.05) is 42.5 Å². The monoisotopic (exact) mass is 294 g/mol. The summed E-state index contributed by atoms with van der Waals surface area (Å²) in [6, 6.07) is 15.4. The molecule has 5 nitrogen and oxygen atoms in total. The van der Waals surface area contributed by atoms with E-state index in [-0.39, 0.29) is 5.75 Å². The molecule has 0 bridgehead atoms. The SMILES string of the molecule is O=C1NC(=O)N(Cc2ccccc2)/C1=C/c1ccc(O)cc1. The molecule has 0 atom stereocenters. The molecule has 1 saturated heterocycles. The lowest BCUT2D eigenvalue weighted by atomic mass is 10.1. The summed E-state index contributed by atoms with van der Waals surface area (Å²) in [6.07, 6.45) is 1.63. The molecule has 110 valence electrons. The number of rotatable bonds is 3. The van der Waals surface area contributed by atoms with E-state index in [0.29, 0.717) is 12.2 Å². The van der Waals surface area contributed by atoms with Crippen LogP contribution in [0.4, 0.5) is 4.79 Å². The Morgan fingerprint density at radius 1 is 1.00 bits per heavy atom. The Balaban J connectivity index is 1.91. The normalized spacial score (nSPS) is 16.2. The standard InChI is InChI=1S/C17H14N2O3/c20-14-8-6-12(7-9-14)10-15-16(21)18-17(22)19(15)11-13-4-2-1-3-5-13/h1-10,20H,11H2,(H,18,21,22)/b15-10+. The number of hydrogen-bond acceptors (Lipinski definition) is 3. The third-order valence-electron chi connectivity index (χ3n) is 3.37. The molecule has 0 aliphatic carbocycles. The van der Waals surface area contributed by atoms with Crippen molar-refractivity contribution in [2.75, 3.05) is 0 Å². The van der Waals surface area contributed by atoms with E-state index < -0.39 is 11.9 Å². The highest BCUT2D eigenvalue weighted by Crippen LogP contribution is 2.20. The Bertz CT molecular complexity index is 736. The zero-order valence-electron chi connectivity index (χ0n) is 11.7. The third kappa shape index (κ3) is 2.83. The summed E-state index contributed by atoms with van der Waals surface area (Å²) in [6.45, 7) is 0.322. The molecule has 0 saturated carbocycles. The van der Waals surface area contributed by atoms with Crippen molar-refractivity contribution in [2.24, 2.45) is 0 Å². The average Bonchev–Trinajstić information content (AvgIpc) is 2.77. The smallest absolute Gasteiger partial charge is 0.329 e. The Kier molecular flexibility index (Phi) is 3.62. The number of aromatic hydroxyl groups is 1. The van der Waals surface area contributed by atoms with Gasteiger partial charge in [-0.3, -0.25) is 15.0 Å². The molecular weight excluding hydrogens is 280 g/mol. The molecular formula is C17H14N2O3. The first-order valence-corrected chi connectivity index (χ1v) is 6.81. The van der Waals surface area contributed by atoms with Crippen LogP contribution in [0.3, 0.4) is 0 Å². The Morgan fingerprint density at radius 2 is 1.68 bits per heavy atom. The molecule has 1 aliphatic rings. The summed E-state index contributed by atoms with van der Waals surface area (Å²) in [5.41, 5.74) is 1.96. The van der Waals surface area contributed by atoms with Gasteiger partial charge in [0, 0.05) is 0 Å². The first-order chi connectivity index (χ1) is 10.6. The first kappa shape index (κ1) is 13.9. The minimum absolute atomic E-state index is 0.148. The van der Waals surface area contributed by atoms with Gasteiger partial charge in [-0.05, 0) is 29.3 Å². The number of imide groups is 1. The highest BCUT2D eigenvalue weighted by Gasteiger charge is 2.32. The van der Waals surface area contributed by atoms with Crippen LogP contribution in [0.25, 0.3) is 6.08 Å². The predicted molar refractivity (Wildman–Crippen MR) is 81.6 cm³/mol. The van der Waals surface area contributed by atoms with Crippen LogP contribution in [0.2, 0.25) is 0 Å². The fraction of sp³-hybridized carbons (Fsp3) is 0.0588. The van der Waals surface area contributed by atoms with Gasteiger partial charge in [-0.2, -0.15) is 0 Å². The number of amides is 3. The van der Waals surface area contributed by atoms with Gasteiger partial charge in [0.1, 0.15) is 11.4 Å². The van der Waals surface area contributed by atoms with Crippen LogP contribution in [0, 0.1) is 0 Å². The summed E-state index contributed by atoms with van der Waals surface area (Å²) in [7, 11) is 0. The number of nitrogens with one attached hydrogen (secondary N) is 1. The van der Waals surface area contributed by atoms with E-state index in [1.807, 2.05) is 30.3 Å². The number of carbonyl (C=O) groups excluding carboxylic acids is 2. The second kappa shape index (κ2) is 5.73. The van der Waals surface area contributed by atoms with E-state index in [2.05, 4.69) is 5.32 Å². The second-order valence-corrected chi connectivity index (χ2v) is 4.95. The van der Waals surface area contributed by atoms with Crippen molar-refractivity contribution in [3.05, 3.63) is 71.4 Å². The number of phenols is 1. The van der Waals surface area contributed by atoms with Crippen LogP contribution < -0.4 is 5.32 Å². The zero-order valence-corrected chi connectivity index (χ0v) is 11.7. The van der Waals surface area contributed by atoms with Gasteiger partial charge < -0.3 is 5.11 Å². The van der Waals surface area contributed by atoms with Crippen molar-refractivity contribution >= 4 is 18.0 Å². The molecule has 5 heteroatoms. The average molecular weight is 294 g/mol. The topological polar surface area (TPSA) is 69.6 Å². The van der Waals surface area contributed by atoms with Crippen LogP contribution >= 0.6 is 0 Å². The summed E-state index contributed by atoms with van der Waals surface area (Å²) in [5.74, 6) is -0.274. The molecule has 1 heterocycles. The van der Waals surface area contributed by atoms with E-state index in [4.69, 9.17) is 0 Å². The Labute approximate surface area is 127 Å². The van der Waals surface area contributed by atoms with Gasteiger partial charge in [-0.25, -0.2) is 4.79 Å². The van der Waals surface area contributed by atoms with E-state index in [0.717, 1.165) is 11.1 Å². The minimum Gasteiger partial charge on any atom is -0.508 e. The summed E-state index contributed by atoms with van der Waals surface area (Å²) < 4.78 is 0. The molecule has 0 aromatic heterocycles. The highest BCUT2D eigenvalue weighted by atomic mass is 16.3. The molecule has 3 rings (SSSR count). The number of benzene rings is 2. The molecule has 0 spiro atoms. The quantitative estimate of drug-likeness (QED) is 0.675. The Morgan fingerprint density at radius 3 is 2.36 bits per heavy atom. The van der Waals surface area contributed by atoms with Crippen molar-refractivity contribution in [1.29, 1.82) is 0 Å². The maximum Gasteiger partial charge on any atom is 0.329 e. The van der Waals surface area contributed by atoms with Crippen molar-refractivity contribution < 1.29 is 14.7 Å². The second-order valence-electron chi connectivity index (χ2n) is 4.95. The summed E-state index contributed by atoms with van der Waals surface area (Å²) >= 11 is 0. The van der Waals surface area contributed by atoms with Gasteiger partial charge in [-0.15, -0.1) is 0 Å². The Hall–Kier alpha value is -3.08. The van der Waals surface area contributed by atoms with E-state index in [9.17, 15) is 14.7 Å². The van der Waals surface area contributed by atoms with Gasteiger partial charge >= 0.3 is 6.03 Å². The van der Waals surface area contributed by atoms with Gasteiger partial charge in [0.15, 0.2) is 0 Å². The number of urea groups is 1. The number of phenolic OH excluding ortho intramolecular Hbond substituents is 1. The minimum atomic E-state index is -0.432. The molecule has 2 aromatic carbocycles. The van der Waals surface area contributed by atoms with E-state index in [1.54, 1.807) is 18.2 Å². The summed E-state index contributed by atoms with van der Waals surface area (Å²) in [4.78, 5) is 25.3. The van der Waals surface area contributed by atoms with Gasteiger partial charge in [0.25, 0.3) is 5.91 Å². The van der Waals surface area contributed by atoms with Crippen LogP contribution in [0.1, 0.15) is 11.1 Å². The molecule has 1 aliphatic heterocycles.